The minimum absolute atomic E-state index is 0.367. The summed E-state index contributed by atoms with van der Waals surface area (Å²) in [5, 5.41) is 7.42. The lowest BCUT2D eigenvalue weighted by molar-refractivity contribution is 0.637. The fourth-order valence-corrected chi connectivity index (χ4v) is 2.25. The quantitative estimate of drug-likeness (QED) is 0.812. The number of pyridine rings is 1. The SMILES string of the molecule is Cc1cc(C)c(C(N)=S)c(NCCn2cccn2)n1. The lowest BCUT2D eigenvalue weighted by atomic mass is 10.1. The highest BCUT2D eigenvalue weighted by molar-refractivity contribution is 7.80. The number of nitrogens with two attached hydrogens (primary N) is 1. The zero-order valence-corrected chi connectivity index (χ0v) is 11.9. The number of aryl methyl sites for hydroxylation is 2. The Labute approximate surface area is 117 Å². The number of anilines is 1. The molecule has 0 aliphatic carbocycles. The average molecular weight is 275 g/mol. The van der Waals surface area contributed by atoms with Gasteiger partial charge in [0.15, 0.2) is 0 Å². The summed E-state index contributed by atoms with van der Waals surface area (Å²) in [5.41, 5.74) is 8.57. The normalized spacial score (nSPS) is 10.4. The lowest BCUT2D eigenvalue weighted by Gasteiger charge is -2.13. The summed E-state index contributed by atoms with van der Waals surface area (Å²) in [4.78, 5) is 4.83. The van der Waals surface area contributed by atoms with E-state index in [4.69, 9.17) is 18.0 Å². The van der Waals surface area contributed by atoms with Crippen molar-refractivity contribution in [1.29, 1.82) is 0 Å². The molecular formula is C13H17N5S. The largest absolute Gasteiger partial charge is 0.389 e. The van der Waals surface area contributed by atoms with E-state index in [2.05, 4.69) is 15.4 Å². The molecule has 3 N–H and O–H groups in total. The molecule has 2 rings (SSSR count). The van der Waals surface area contributed by atoms with Crippen molar-refractivity contribution in [2.24, 2.45) is 5.73 Å². The van der Waals surface area contributed by atoms with Gasteiger partial charge in [-0.15, -0.1) is 0 Å². The number of hydrogen-bond donors (Lipinski definition) is 2. The Morgan fingerprint density at radius 3 is 2.89 bits per heavy atom. The Morgan fingerprint density at radius 1 is 1.47 bits per heavy atom. The predicted octanol–water partition coefficient (Wildman–Crippen LogP) is 1.64. The number of hydrogen-bond acceptors (Lipinski definition) is 4. The smallest absolute Gasteiger partial charge is 0.136 e. The van der Waals surface area contributed by atoms with Gasteiger partial charge in [-0.25, -0.2) is 4.98 Å². The highest BCUT2D eigenvalue weighted by Gasteiger charge is 2.10. The van der Waals surface area contributed by atoms with Crippen LogP contribution in [-0.2, 0) is 6.54 Å². The van der Waals surface area contributed by atoms with Crippen molar-refractivity contribution >= 4 is 23.0 Å². The molecule has 0 spiro atoms. The maximum absolute atomic E-state index is 5.77. The predicted molar refractivity (Wildman–Crippen MR) is 80.3 cm³/mol. The molecule has 0 fully saturated rings. The van der Waals surface area contributed by atoms with Gasteiger partial charge in [-0.3, -0.25) is 4.68 Å². The molecule has 0 unspecified atom stereocenters. The van der Waals surface area contributed by atoms with E-state index < -0.39 is 0 Å². The molecule has 0 radical (unpaired) electrons. The minimum atomic E-state index is 0.367. The first-order valence-corrected chi connectivity index (χ1v) is 6.48. The van der Waals surface area contributed by atoms with Crippen LogP contribution in [0.1, 0.15) is 16.8 Å². The van der Waals surface area contributed by atoms with Crippen LogP contribution in [0, 0.1) is 13.8 Å². The zero-order valence-electron chi connectivity index (χ0n) is 11.1. The Hall–Kier alpha value is -1.95. The molecule has 19 heavy (non-hydrogen) atoms. The lowest BCUT2D eigenvalue weighted by Crippen LogP contribution is -2.19. The van der Waals surface area contributed by atoms with Crippen LogP contribution >= 0.6 is 12.2 Å². The number of thiocarbonyl (C=S) groups is 1. The van der Waals surface area contributed by atoms with Gasteiger partial charge < -0.3 is 11.1 Å². The van der Waals surface area contributed by atoms with E-state index in [1.165, 1.54) is 0 Å². The van der Waals surface area contributed by atoms with Gasteiger partial charge in [0.1, 0.15) is 10.8 Å². The molecule has 0 aliphatic heterocycles. The average Bonchev–Trinajstić information content (AvgIpc) is 2.80. The molecule has 0 amide bonds. The fraction of sp³-hybridized carbons (Fsp3) is 0.308. The van der Waals surface area contributed by atoms with Gasteiger partial charge in [0.25, 0.3) is 0 Å². The highest BCUT2D eigenvalue weighted by atomic mass is 32.1. The maximum Gasteiger partial charge on any atom is 0.136 e. The first kappa shape index (κ1) is 13.5. The second-order valence-electron chi connectivity index (χ2n) is 4.36. The first-order valence-electron chi connectivity index (χ1n) is 6.07. The van der Waals surface area contributed by atoms with Crippen LogP contribution in [-0.4, -0.2) is 26.3 Å². The van der Waals surface area contributed by atoms with E-state index in [0.29, 0.717) is 11.5 Å². The Morgan fingerprint density at radius 2 is 2.26 bits per heavy atom. The van der Waals surface area contributed by atoms with Gasteiger partial charge in [-0.2, -0.15) is 5.10 Å². The molecule has 0 aromatic carbocycles. The Balaban J connectivity index is 2.12. The molecule has 5 nitrogen and oxygen atoms in total. The van der Waals surface area contributed by atoms with Crippen molar-refractivity contribution in [3.8, 4) is 0 Å². The summed E-state index contributed by atoms with van der Waals surface area (Å²) in [6, 6.07) is 3.88. The van der Waals surface area contributed by atoms with E-state index in [1.54, 1.807) is 6.20 Å². The summed E-state index contributed by atoms with van der Waals surface area (Å²) in [7, 11) is 0. The third-order valence-corrected chi connectivity index (χ3v) is 2.99. The van der Waals surface area contributed by atoms with Crippen molar-refractivity contribution in [3.63, 3.8) is 0 Å². The van der Waals surface area contributed by atoms with Crippen LogP contribution in [0.15, 0.2) is 24.5 Å². The van der Waals surface area contributed by atoms with Crippen LogP contribution in [0.2, 0.25) is 0 Å². The molecular weight excluding hydrogens is 258 g/mol. The molecule has 0 aliphatic rings. The van der Waals surface area contributed by atoms with Crippen molar-refractivity contribution in [3.05, 3.63) is 41.3 Å². The molecule has 0 atom stereocenters. The van der Waals surface area contributed by atoms with E-state index >= 15 is 0 Å². The van der Waals surface area contributed by atoms with Crippen molar-refractivity contribution in [1.82, 2.24) is 14.8 Å². The van der Waals surface area contributed by atoms with Crippen LogP contribution in [0.3, 0.4) is 0 Å². The third-order valence-electron chi connectivity index (χ3n) is 2.78. The van der Waals surface area contributed by atoms with E-state index in [-0.39, 0.29) is 0 Å². The third kappa shape index (κ3) is 3.29. The summed E-state index contributed by atoms with van der Waals surface area (Å²) in [6.07, 6.45) is 3.68. The van der Waals surface area contributed by atoms with Crippen molar-refractivity contribution < 1.29 is 0 Å². The van der Waals surface area contributed by atoms with Crippen LogP contribution in [0.5, 0.6) is 0 Å². The number of nitrogens with one attached hydrogen (secondary N) is 1. The molecule has 2 aromatic heterocycles. The van der Waals surface area contributed by atoms with Gasteiger partial charge in [-0.1, -0.05) is 12.2 Å². The minimum Gasteiger partial charge on any atom is -0.389 e. The molecule has 6 heteroatoms. The topological polar surface area (TPSA) is 68.8 Å². The van der Waals surface area contributed by atoms with Gasteiger partial charge in [0.05, 0.1) is 12.1 Å². The Kier molecular flexibility index (Phi) is 4.11. The summed E-state index contributed by atoms with van der Waals surface area (Å²) in [6.45, 7) is 5.42. The number of rotatable bonds is 5. The number of aromatic nitrogens is 3. The second kappa shape index (κ2) is 5.79. The van der Waals surface area contributed by atoms with Gasteiger partial charge in [-0.05, 0) is 31.5 Å². The van der Waals surface area contributed by atoms with E-state index in [0.717, 1.165) is 29.2 Å². The van der Waals surface area contributed by atoms with E-state index in [9.17, 15) is 0 Å². The van der Waals surface area contributed by atoms with Crippen molar-refractivity contribution in [2.45, 2.75) is 20.4 Å². The maximum atomic E-state index is 5.77. The van der Waals surface area contributed by atoms with Crippen LogP contribution in [0.25, 0.3) is 0 Å². The van der Waals surface area contributed by atoms with Gasteiger partial charge in [0, 0.05) is 24.6 Å². The summed E-state index contributed by atoms with van der Waals surface area (Å²) < 4.78 is 1.86. The molecule has 2 aromatic rings. The molecule has 2 heterocycles. The number of nitrogens with zero attached hydrogens (tertiary/aromatic N) is 3. The molecule has 0 saturated carbocycles. The summed E-state index contributed by atoms with van der Waals surface area (Å²) >= 11 is 5.09. The van der Waals surface area contributed by atoms with Crippen LogP contribution < -0.4 is 11.1 Å². The monoisotopic (exact) mass is 275 g/mol. The van der Waals surface area contributed by atoms with Gasteiger partial charge in [0.2, 0.25) is 0 Å². The molecule has 100 valence electrons. The standard InChI is InChI=1S/C13H17N5S/c1-9-8-10(2)17-13(11(9)12(14)19)15-5-7-18-6-3-4-16-18/h3-4,6,8H,5,7H2,1-2H3,(H2,14,19)(H,15,17). The van der Waals surface area contributed by atoms with Gasteiger partial charge >= 0.3 is 0 Å². The van der Waals surface area contributed by atoms with Crippen LogP contribution in [0.4, 0.5) is 5.82 Å². The first-order chi connectivity index (χ1) is 9.08. The molecule has 0 saturated heterocycles. The fourth-order valence-electron chi connectivity index (χ4n) is 2.00. The highest BCUT2D eigenvalue weighted by Crippen LogP contribution is 2.18. The van der Waals surface area contributed by atoms with E-state index in [1.807, 2.05) is 36.9 Å². The molecule has 0 bridgehead atoms. The van der Waals surface area contributed by atoms with Crippen molar-refractivity contribution in [2.75, 3.05) is 11.9 Å². The second-order valence-corrected chi connectivity index (χ2v) is 4.80. The Bertz CT molecular complexity index is 577. The summed E-state index contributed by atoms with van der Waals surface area (Å²) in [5.74, 6) is 0.747. The zero-order chi connectivity index (χ0) is 13.8.